The van der Waals surface area contributed by atoms with Crippen LogP contribution in [-0.4, -0.2) is 39.8 Å². The summed E-state index contributed by atoms with van der Waals surface area (Å²) in [4.78, 5) is 38.8. The zero-order chi connectivity index (χ0) is 20.1. The van der Waals surface area contributed by atoms with E-state index in [0.717, 1.165) is 11.8 Å². The van der Waals surface area contributed by atoms with Gasteiger partial charge in [-0.1, -0.05) is 30.3 Å². The van der Waals surface area contributed by atoms with Crippen LogP contribution in [0, 0.1) is 0 Å². The number of nitrogens with zero attached hydrogens (tertiary/aromatic N) is 1. The second kappa shape index (κ2) is 8.40. The summed E-state index contributed by atoms with van der Waals surface area (Å²) in [6, 6.07) is 12.9. The predicted molar refractivity (Wildman–Crippen MR) is 104 cm³/mol. The van der Waals surface area contributed by atoms with Crippen molar-refractivity contribution in [1.82, 2.24) is 5.32 Å². The molecule has 0 spiro atoms. The highest BCUT2D eigenvalue weighted by atomic mass is 32.2. The third kappa shape index (κ3) is 4.57. The fourth-order valence-corrected chi connectivity index (χ4v) is 3.18. The third-order valence-electron chi connectivity index (χ3n) is 3.56. The van der Waals surface area contributed by atoms with E-state index < -0.39 is 24.5 Å². The molecule has 1 aliphatic rings. The third-order valence-corrected chi connectivity index (χ3v) is 4.47. The van der Waals surface area contributed by atoms with Crippen molar-refractivity contribution in [3.63, 3.8) is 0 Å². The number of thioether (sulfide) groups is 1. The number of benzene rings is 2. The Morgan fingerprint density at radius 1 is 1.11 bits per heavy atom. The van der Waals surface area contributed by atoms with Crippen LogP contribution >= 0.6 is 11.8 Å². The fraction of sp³-hybridized carbons (Fsp3) is 0.0526. The molecule has 1 amide bonds. The smallest absolute Gasteiger partial charge is 0.341 e. The molecule has 0 aliphatic carbocycles. The van der Waals surface area contributed by atoms with Crippen molar-refractivity contribution in [2.45, 2.75) is 0 Å². The number of aliphatic carboxylic acids is 1. The van der Waals surface area contributed by atoms with Gasteiger partial charge in [0.2, 0.25) is 0 Å². The molecule has 28 heavy (non-hydrogen) atoms. The minimum Gasteiger partial charge on any atom is -0.481 e. The SMILES string of the molecule is O=C(O)COc1ccccc1/C=C1\SC(=Nc2ccccc2C(=O)O)NC1=O. The van der Waals surface area contributed by atoms with E-state index >= 15 is 0 Å². The van der Waals surface area contributed by atoms with Crippen LogP contribution in [-0.2, 0) is 9.59 Å². The maximum absolute atomic E-state index is 12.2. The minimum absolute atomic E-state index is 0.0229. The van der Waals surface area contributed by atoms with Gasteiger partial charge in [0.25, 0.3) is 5.91 Å². The number of aliphatic imine (C=N–C) groups is 1. The van der Waals surface area contributed by atoms with Gasteiger partial charge in [-0.2, -0.15) is 0 Å². The first-order valence-electron chi connectivity index (χ1n) is 7.99. The lowest BCUT2D eigenvalue weighted by atomic mass is 10.2. The molecule has 9 heteroatoms. The summed E-state index contributed by atoms with van der Waals surface area (Å²) in [6.07, 6.45) is 1.56. The average molecular weight is 398 g/mol. The first-order valence-corrected chi connectivity index (χ1v) is 8.81. The first-order chi connectivity index (χ1) is 13.4. The molecule has 3 rings (SSSR count). The van der Waals surface area contributed by atoms with E-state index in [0.29, 0.717) is 16.2 Å². The van der Waals surface area contributed by atoms with Gasteiger partial charge < -0.3 is 20.3 Å². The van der Waals surface area contributed by atoms with Crippen molar-refractivity contribution in [2.75, 3.05) is 6.61 Å². The summed E-state index contributed by atoms with van der Waals surface area (Å²) in [6.45, 7) is -0.502. The number of carbonyl (C=O) groups excluding carboxylic acids is 1. The Bertz CT molecular complexity index is 1010. The summed E-state index contributed by atoms with van der Waals surface area (Å²) in [5.74, 6) is -2.30. The van der Waals surface area contributed by atoms with Gasteiger partial charge in [0, 0.05) is 5.56 Å². The second-order valence-electron chi connectivity index (χ2n) is 5.52. The van der Waals surface area contributed by atoms with Crippen LogP contribution in [0.25, 0.3) is 6.08 Å². The molecule has 1 saturated heterocycles. The Labute approximate surface area is 163 Å². The Morgan fingerprint density at radius 3 is 2.57 bits per heavy atom. The van der Waals surface area contributed by atoms with Gasteiger partial charge in [0.05, 0.1) is 16.2 Å². The Kier molecular flexibility index (Phi) is 5.75. The highest BCUT2D eigenvalue weighted by Crippen LogP contribution is 2.31. The van der Waals surface area contributed by atoms with Crippen molar-refractivity contribution in [3.8, 4) is 5.75 Å². The molecule has 8 nitrogen and oxygen atoms in total. The number of ether oxygens (including phenoxy) is 1. The Morgan fingerprint density at radius 2 is 1.82 bits per heavy atom. The summed E-state index contributed by atoms with van der Waals surface area (Å²) in [7, 11) is 0. The zero-order valence-electron chi connectivity index (χ0n) is 14.3. The molecule has 2 aromatic carbocycles. The van der Waals surface area contributed by atoms with E-state index in [9.17, 15) is 19.5 Å². The van der Waals surface area contributed by atoms with E-state index in [1.807, 2.05) is 0 Å². The minimum atomic E-state index is -1.12. The van der Waals surface area contributed by atoms with Crippen LogP contribution < -0.4 is 10.1 Å². The topological polar surface area (TPSA) is 125 Å². The van der Waals surface area contributed by atoms with Crippen molar-refractivity contribution in [3.05, 3.63) is 64.6 Å². The molecule has 0 bridgehead atoms. The maximum atomic E-state index is 12.2. The molecular formula is C19H14N2O6S. The molecule has 1 heterocycles. The Balaban J connectivity index is 1.86. The number of hydrogen-bond acceptors (Lipinski definition) is 6. The van der Waals surface area contributed by atoms with Crippen LogP contribution in [0.5, 0.6) is 5.75 Å². The van der Waals surface area contributed by atoms with Gasteiger partial charge in [-0.15, -0.1) is 0 Å². The quantitative estimate of drug-likeness (QED) is 0.639. The molecule has 0 radical (unpaired) electrons. The van der Waals surface area contributed by atoms with Crippen LogP contribution in [0.3, 0.4) is 0 Å². The van der Waals surface area contributed by atoms with Crippen molar-refractivity contribution in [2.24, 2.45) is 4.99 Å². The molecule has 0 aromatic heterocycles. The number of rotatable bonds is 6. The monoisotopic (exact) mass is 398 g/mol. The zero-order valence-corrected chi connectivity index (χ0v) is 15.1. The number of aromatic carboxylic acids is 1. The van der Waals surface area contributed by atoms with Crippen LogP contribution in [0.15, 0.2) is 58.4 Å². The van der Waals surface area contributed by atoms with Gasteiger partial charge >= 0.3 is 11.9 Å². The van der Waals surface area contributed by atoms with E-state index in [4.69, 9.17) is 9.84 Å². The maximum Gasteiger partial charge on any atom is 0.341 e. The lowest BCUT2D eigenvalue weighted by Gasteiger charge is -2.06. The van der Waals surface area contributed by atoms with E-state index in [2.05, 4.69) is 10.3 Å². The normalized spacial score (nSPS) is 16.2. The van der Waals surface area contributed by atoms with E-state index in [1.54, 1.807) is 48.5 Å². The first kappa shape index (κ1) is 19.2. The van der Waals surface area contributed by atoms with Crippen LogP contribution in [0.1, 0.15) is 15.9 Å². The number of para-hydroxylation sites is 2. The van der Waals surface area contributed by atoms with Crippen molar-refractivity contribution < 1.29 is 29.3 Å². The number of hydrogen-bond donors (Lipinski definition) is 3. The van der Waals surface area contributed by atoms with Gasteiger partial charge in [-0.3, -0.25) is 4.79 Å². The number of carboxylic acid groups (broad SMARTS) is 2. The number of amides is 1. The number of carbonyl (C=O) groups is 3. The summed E-state index contributed by atoms with van der Waals surface area (Å²) >= 11 is 1.05. The predicted octanol–water partition coefficient (Wildman–Crippen LogP) is 2.74. The lowest BCUT2D eigenvalue weighted by molar-refractivity contribution is -0.139. The summed E-state index contributed by atoms with van der Waals surface area (Å²) in [5.41, 5.74) is 0.785. The summed E-state index contributed by atoms with van der Waals surface area (Å²) < 4.78 is 5.23. The molecule has 142 valence electrons. The molecule has 0 atom stereocenters. The Hall–Kier alpha value is -3.59. The molecular weight excluding hydrogens is 384 g/mol. The number of carboxylic acids is 2. The lowest BCUT2D eigenvalue weighted by Crippen LogP contribution is -2.19. The highest BCUT2D eigenvalue weighted by Gasteiger charge is 2.25. The molecule has 1 fully saturated rings. The van der Waals surface area contributed by atoms with E-state index in [1.165, 1.54) is 6.07 Å². The van der Waals surface area contributed by atoms with Gasteiger partial charge in [0.15, 0.2) is 11.8 Å². The van der Waals surface area contributed by atoms with Crippen LogP contribution in [0.4, 0.5) is 5.69 Å². The van der Waals surface area contributed by atoms with Gasteiger partial charge in [0.1, 0.15) is 5.75 Å². The number of nitrogens with one attached hydrogen (secondary N) is 1. The van der Waals surface area contributed by atoms with Crippen LogP contribution in [0.2, 0.25) is 0 Å². The standard InChI is InChI=1S/C19H14N2O6S/c22-16(23)10-27-14-8-4-1-5-11(14)9-15-17(24)21-19(28-15)20-13-7-3-2-6-12(13)18(25)26/h1-9H,10H2,(H,22,23)(H,25,26)(H,20,21,24)/b15-9-. The molecule has 1 aliphatic heterocycles. The highest BCUT2D eigenvalue weighted by molar-refractivity contribution is 8.18. The molecule has 0 unspecified atom stereocenters. The molecule has 2 aromatic rings. The fourth-order valence-electron chi connectivity index (χ4n) is 2.35. The summed E-state index contributed by atoms with van der Waals surface area (Å²) in [5, 5.41) is 20.8. The largest absolute Gasteiger partial charge is 0.481 e. The number of amidine groups is 1. The van der Waals surface area contributed by atoms with Crippen molar-refractivity contribution >= 4 is 46.5 Å². The molecule has 0 saturated carbocycles. The van der Waals surface area contributed by atoms with E-state index in [-0.39, 0.29) is 16.4 Å². The van der Waals surface area contributed by atoms with Gasteiger partial charge in [-0.25, -0.2) is 14.6 Å². The average Bonchev–Trinajstić information content (AvgIpc) is 3.00. The van der Waals surface area contributed by atoms with Gasteiger partial charge in [-0.05, 0) is 36.0 Å². The second-order valence-corrected chi connectivity index (χ2v) is 6.55. The molecule has 3 N–H and O–H groups in total. The van der Waals surface area contributed by atoms with Crippen molar-refractivity contribution in [1.29, 1.82) is 0 Å².